The number of aromatic nitrogens is 3. The lowest BCUT2D eigenvalue weighted by molar-refractivity contribution is 0.750. The topological polar surface area (TPSA) is 59.5 Å². The van der Waals surface area contributed by atoms with E-state index < -0.39 is 6.17 Å². The van der Waals surface area contributed by atoms with Crippen molar-refractivity contribution in [3.63, 3.8) is 0 Å². The molecule has 54 heavy (non-hydrogen) atoms. The summed E-state index contributed by atoms with van der Waals surface area (Å²) < 4.78 is 4.72. The van der Waals surface area contributed by atoms with Crippen LogP contribution in [0.4, 0.5) is 0 Å². The molecule has 1 unspecified atom stereocenters. The van der Waals surface area contributed by atoms with Crippen molar-refractivity contribution in [2.24, 2.45) is 9.98 Å². The summed E-state index contributed by atoms with van der Waals surface area (Å²) in [5, 5.41) is 10.7. The molecule has 0 fully saturated rings. The van der Waals surface area contributed by atoms with Gasteiger partial charge in [-0.05, 0) is 53.2 Å². The Balaban J connectivity index is 1.10. The molecule has 6 nitrogen and oxygen atoms in total. The van der Waals surface area contributed by atoms with Crippen molar-refractivity contribution in [2.75, 3.05) is 0 Å². The van der Waals surface area contributed by atoms with Gasteiger partial charge in [0.05, 0.1) is 22.1 Å². The van der Waals surface area contributed by atoms with Crippen LogP contribution in [0.15, 0.2) is 192 Å². The summed E-state index contributed by atoms with van der Waals surface area (Å²) in [4.78, 5) is 15.5. The number of fused-ring (bicyclic) bond motifs is 8. The molecule has 1 aliphatic rings. The summed E-state index contributed by atoms with van der Waals surface area (Å²) in [7, 11) is 0. The highest BCUT2D eigenvalue weighted by Gasteiger charge is 2.24. The Morgan fingerprint density at radius 1 is 0.444 bits per heavy atom. The third kappa shape index (κ3) is 4.77. The van der Waals surface area contributed by atoms with Gasteiger partial charge in [0.25, 0.3) is 0 Å². The van der Waals surface area contributed by atoms with Gasteiger partial charge in [0.2, 0.25) is 0 Å². The Kier molecular flexibility index (Phi) is 6.82. The number of nitrogens with one attached hydrogen (secondary N) is 1. The van der Waals surface area contributed by atoms with E-state index in [1.807, 2.05) is 24.4 Å². The monoisotopic (exact) mass is 692 g/mol. The number of hydrogen-bond acceptors (Lipinski definition) is 4. The van der Waals surface area contributed by atoms with E-state index in [4.69, 9.17) is 15.0 Å². The van der Waals surface area contributed by atoms with Crippen molar-refractivity contribution >= 4 is 66.1 Å². The molecule has 10 aromatic rings. The summed E-state index contributed by atoms with van der Waals surface area (Å²) in [6.07, 6.45) is 1.46. The van der Waals surface area contributed by atoms with Crippen LogP contribution in [0, 0.1) is 0 Å². The zero-order valence-electron chi connectivity index (χ0n) is 29.1. The molecule has 0 radical (unpaired) electrons. The summed E-state index contributed by atoms with van der Waals surface area (Å²) in [6.45, 7) is 0. The number of pyridine rings is 1. The number of rotatable bonds is 5. The molecule has 1 atom stereocenters. The number of benzene rings is 7. The Morgan fingerprint density at radius 3 is 1.74 bits per heavy atom. The van der Waals surface area contributed by atoms with Gasteiger partial charge in [-0.1, -0.05) is 133 Å². The average Bonchev–Trinajstić information content (AvgIpc) is 3.77. The van der Waals surface area contributed by atoms with Crippen LogP contribution in [-0.4, -0.2) is 25.8 Å². The maximum Gasteiger partial charge on any atom is 0.171 e. The molecule has 1 aliphatic heterocycles. The Morgan fingerprint density at radius 2 is 1.04 bits per heavy atom. The quantitative estimate of drug-likeness (QED) is 0.195. The van der Waals surface area contributed by atoms with E-state index in [0.717, 1.165) is 61.8 Å². The second kappa shape index (κ2) is 12.1. The van der Waals surface area contributed by atoms with E-state index in [-0.39, 0.29) is 0 Å². The summed E-state index contributed by atoms with van der Waals surface area (Å²) in [5.74, 6) is 2.39. The third-order valence-corrected chi connectivity index (χ3v) is 10.6. The van der Waals surface area contributed by atoms with Crippen molar-refractivity contribution in [3.8, 4) is 11.5 Å². The van der Waals surface area contributed by atoms with Gasteiger partial charge < -0.3 is 9.88 Å². The van der Waals surface area contributed by atoms with Crippen LogP contribution in [-0.2, 0) is 0 Å². The van der Waals surface area contributed by atoms with Crippen molar-refractivity contribution < 1.29 is 0 Å². The van der Waals surface area contributed by atoms with E-state index in [1.54, 1.807) is 0 Å². The first-order valence-corrected chi connectivity index (χ1v) is 18.2. The second-order valence-electron chi connectivity index (χ2n) is 13.7. The fourth-order valence-corrected chi connectivity index (χ4v) is 8.09. The number of nitrogens with zero attached hydrogens (tertiary/aromatic N) is 5. The molecule has 0 amide bonds. The van der Waals surface area contributed by atoms with Gasteiger partial charge >= 0.3 is 0 Å². The zero-order chi connectivity index (χ0) is 35.6. The van der Waals surface area contributed by atoms with Crippen molar-refractivity contribution in [1.82, 2.24) is 19.4 Å². The molecule has 11 rings (SSSR count). The van der Waals surface area contributed by atoms with Crippen molar-refractivity contribution in [3.05, 3.63) is 199 Å². The Hall–Kier alpha value is -7.31. The molecule has 4 heterocycles. The number of para-hydroxylation sites is 3. The first-order chi connectivity index (χ1) is 26.8. The molecule has 6 heteroatoms. The first kappa shape index (κ1) is 30.3. The zero-order valence-corrected chi connectivity index (χ0v) is 29.1. The fraction of sp³-hybridized carbons (Fsp3) is 0.0208. The maximum absolute atomic E-state index is 5.19. The molecule has 7 aromatic carbocycles. The lowest BCUT2D eigenvalue weighted by atomic mass is 10.1. The minimum atomic E-state index is -0.477. The van der Waals surface area contributed by atoms with Gasteiger partial charge in [-0.2, -0.15) is 0 Å². The van der Waals surface area contributed by atoms with Gasteiger partial charge in [-0.3, -0.25) is 4.57 Å². The average molecular weight is 693 g/mol. The Bertz CT molecular complexity index is 3120. The predicted molar refractivity (Wildman–Crippen MR) is 222 cm³/mol. The van der Waals surface area contributed by atoms with Crippen LogP contribution < -0.4 is 5.32 Å². The number of aliphatic imine (C=N–C) groups is 2. The van der Waals surface area contributed by atoms with Crippen molar-refractivity contribution in [2.45, 2.75) is 6.17 Å². The van der Waals surface area contributed by atoms with Gasteiger partial charge in [0, 0.05) is 50.1 Å². The van der Waals surface area contributed by atoms with E-state index in [2.05, 4.69) is 172 Å². The third-order valence-electron chi connectivity index (χ3n) is 10.6. The van der Waals surface area contributed by atoms with Crippen LogP contribution in [0.1, 0.15) is 22.9 Å². The Labute approximate surface area is 311 Å². The van der Waals surface area contributed by atoms with E-state index >= 15 is 0 Å². The van der Waals surface area contributed by atoms with Crippen LogP contribution >= 0.6 is 0 Å². The van der Waals surface area contributed by atoms with E-state index in [9.17, 15) is 0 Å². The van der Waals surface area contributed by atoms with Crippen LogP contribution in [0.3, 0.4) is 0 Å². The molecular weight excluding hydrogens is 661 g/mol. The fourth-order valence-electron chi connectivity index (χ4n) is 8.09. The largest absolute Gasteiger partial charge is 0.324 e. The first-order valence-electron chi connectivity index (χ1n) is 18.2. The molecule has 0 bridgehead atoms. The number of hydrogen-bond donors (Lipinski definition) is 1. The molecule has 0 spiro atoms. The van der Waals surface area contributed by atoms with Gasteiger partial charge in [-0.25, -0.2) is 15.0 Å². The van der Waals surface area contributed by atoms with Crippen LogP contribution in [0.5, 0.6) is 0 Å². The lowest BCUT2D eigenvalue weighted by Gasteiger charge is -2.22. The van der Waals surface area contributed by atoms with Gasteiger partial charge in [0.15, 0.2) is 6.17 Å². The van der Waals surface area contributed by atoms with Crippen LogP contribution in [0.2, 0.25) is 0 Å². The molecular formula is C48H32N6. The lowest BCUT2D eigenvalue weighted by Crippen LogP contribution is -2.36. The minimum Gasteiger partial charge on any atom is -0.324 e. The molecule has 3 aromatic heterocycles. The maximum atomic E-state index is 5.19. The molecule has 0 aliphatic carbocycles. The highest BCUT2D eigenvalue weighted by atomic mass is 15.2. The highest BCUT2D eigenvalue weighted by molar-refractivity contribution is 6.23. The predicted octanol–water partition coefficient (Wildman–Crippen LogP) is 10.9. The van der Waals surface area contributed by atoms with E-state index in [0.29, 0.717) is 0 Å². The van der Waals surface area contributed by atoms with E-state index in [1.165, 1.54) is 32.4 Å². The van der Waals surface area contributed by atoms with Crippen LogP contribution in [0.25, 0.3) is 65.9 Å². The molecule has 1 N–H and O–H groups in total. The van der Waals surface area contributed by atoms with Gasteiger partial charge in [-0.15, -0.1) is 0 Å². The molecule has 0 saturated carbocycles. The highest BCUT2D eigenvalue weighted by Crippen LogP contribution is 2.41. The minimum absolute atomic E-state index is 0.477. The van der Waals surface area contributed by atoms with Gasteiger partial charge in [0.1, 0.15) is 17.5 Å². The summed E-state index contributed by atoms with van der Waals surface area (Å²) in [6, 6.07) is 61.8. The second-order valence-corrected chi connectivity index (χ2v) is 13.7. The summed E-state index contributed by atoms with van der Waals surface area (Å²) in [5.41, 5.74) is 8.60. The normalized spacial score (nSPS) is 14.5. The molecule has 0 saturated heterocycles. The number of amidine groups is 2. The standard InChI is InChI=1S/C48H32N6/c1-3-14-32(15-4-1)46-50-47(34-24-23-31-13-7-8-16-33(31)29-34)52-48(51-46)35-25-28-43(49-30-35)54-42-22-12-10-20-38(42)40-27-26-39-37-19-9-11-21-41(37)53(44(39)45(40)54)36-17-5-2-6-18-36/h1-30,48H,(H,50,51,52). The van der Waals surface area contributed by atoms with Crippen molar-refractivity contribution in [1.29, 1.82) is 0 Å². The SMILES string of the molecule is c1ccc(C2=NC(c3ccc(-n4c5ccccc5c5ccc6c7ccccc7n(-c7ccccc7)c6c54)nc3)N=C(c3ccc4ccccc4c3)N2)cc1. The smallest absolute Gasteiger partial charge is 0.171 e. The molecule has 254 valence electrons. The summed E-state index contributed by atoms with van der Waals surface area (Å²) >= 11 is 0.